The highest BCUT2D eigenvalue weighted by Gasteiger charge is 2.22. The number of likely N-dealkylation sites (tertiary alicyclic amines) is 1. The fourth-order valence-electron chi connectivity index (χ4n) is 2.64. The van der Waals surface area contributed by atoms with E-state index in [0.717, 1.165) is 30.3 Å². The highest BCUT2D eigenvalue weighted by Crippen LogP contribution is 2.20. The van der Waals surface area contributed by atoms with Crippen LogP contribution >= 0.6 is 24.0 Å². The van der Waals surface area contributed by atoms with Gasteiger partial charge in [0, 0.05) is 19.1 Å². The lowest BCUT2D eigenvalue weighted by Gasteiger charge is -2.21. The van der Waals surface area contributed by atoms with E-state index in [1.165, 1.54) is 30.2 Å². The molecule has 2 atom stereocenters. The molecule has 0 aromatic heterocycles. The fourth-order valence-corrected chi connectivity index (χ4v) is 4.06. The molecule has 1 aromatic rings. The Morgan fingerprint density at radius 2 is 1.91 bits per heavy atom. The van der Waals surface area contributed by atoms with Crippen molar-refractivity contribution in [1.29, 1.82) is 0 Å². The second-order valence-corrected chi connectivity index (χ2v) is 8.13. The molecule has 126 valence electrons. The first-order valence-corrected chi connectivity index (χ1v) is 9.65. The van der Waals surface area contributed by atoms with Crippen LogP contribution in [0.5, 0.6) is 0 Å². The molecule has 1 amide bonds. The Balaban J connectivity index is 1.70. The van der Waals surface area contributed by atoms with E-state index in [0.29, 0.717) is 0 Å². The SMILES string of the molecule is C[C@H](CCc1ccccc1)NC(=O)[C@H](C)SC(=S)N1CCCC1. The Morgan fingerprint density at radius 1 is 1.26 bits per heavy atom. The standard InChI is InChI=1S/C18H26N2OS2/c1-14(10-11-16-8-4-3-5-9-16)19-17(21)15(2)23-18(22)20-12-6-7-13-20/h3-5,8-9,14-15H,6-7,10-13H2,1-2H3,(H,19,21)/t14-,15+/m1/s1. The number of hydrogen-bond donors (Lipinski definition) is 1. The van der Waals surface area contributed by atoms with Crippen molar-refractivity contribution in [2.45, 2.75) is 50.8 Å². The highest BCUT2D eigenvalue weighted by atomic mass is 32.2. The predicted molar refractivity (Wildman–Crippen MR) is 103 cm³/mol. The van der Waals surface area contributed by atoms with Gasteiger partial charge in [0.2, 0.25) is 5.91 Å². The van der Waals surface area contributed by atoms with Crippen molar-refractivity contribution in [3.8, 4) is 0 Å². The van der Waals surface area contributed by atoms with Crippen LogP contribution in [-0.2, 0) is 11.2 Å². The molecule has 0 saturated carbocycles. The summed E-state index contributed by atoms with van der Waals surface area (Å²) in [4.78, 5) is 14.5. The van der Waals surface area contributed by atoms with Gasteiger partial charge < -0.3 is 10.2 Å². The number of benzene rings is 1. The molecular formula is C18H26N2OS2. The fraction of sp³-hybridized carbons (Fsp3) is 0.556. The Labute approximate surface area is 149 Å². The van der Waals surface area contributed by atoms with Crippen molar-refractivity contribution in [3.63, 3.8) is 0 Å². The zero-order valence-electron chi connectivity index (χ0n) is 14.0. The van der Waals surface area contributed by atoms with Gasteiger partial charge in [-0.3, -0.25) is 4.79 Å². The third kappa shape index (κ3) is 6.15. The van der Waals surface area contributed by atoms with Crippen LogP contribution in [0.3, 0.4) is 0 Å². The lowest BCUT2D eigenvalue weighted by atomic mass is 10.1. The molecule has 0 spiro atoms. The maximum absolute atomic E-state index is 12.3. The molecule has 1 N–H and O–H groups in total. The number of rotatable bonds is 6. The molecule has 5 heteroatoms. The van der Waals surface area contributed by atoms with Crippen LogP contribution in [0.4, 0.5) is 0 Å². The molecule has 3 nitrogen and oxygen atoms in total. The summed E-state index contributed by atoms with van der Waals surface area (Å²) < 4.78 is 0.863. The third-order valence-electron chi connectivity index (χ3n) is 4.11. The molecule has 1 fully saturated rings. The number of hydrogen-bond acceptors (Lipinski definition) is 3. The molecule has 23 heavy (non-hydrogen) atoms. The van der Waals surface area contributed by atoms with Crippen LogP contribution in [0, 0.1) is 0 Å². The monoisotopic (exact) mass is 350 g/mol. The van der Waals surface area contributed by atoms with Crippen LogP contribution in [-0.4, -0.2) is 39.5 Å². The summed E-state index contributed by atoms with van der Waals surface area (Å²) in [5.41, 5.74) is 1.31. The van der Waals surface area contributed by atoms with Gasteiger partial charge in [0.1, 0.15) is 4.32 Å². The van der Waals surface area contributed by atoms with E-state index in [9.17, 15) is 4.79 Å². The lowest BCUT2D eigenvalue weighted by molar-refractivity contribution is -0.120. The number of nitrogens with zero attached hydrogens (tertiary/aromatic N) is 1. The maximum Gasteiger partial charge on any atom is 0.233 e. The van der Waals surface area contributed by atoms with Crippen LogP contribution in [0.1, 0.15) is 38.7 Å². The number of nitrogens with one attached hydrogen (secondary N) is 1. The molecule has 1 heterocycles. The van der Waals surface area contributed by atoms with E-state index in [-0.39, 0.29) is 17.2 Å². The Kier molecular flexibility index (Phi) is 7.37. The van der Waals surface area contributed by atoms with Crippen molar-refractivity contribution in [2.24, 2.45) is 0 Å². The molecule has 0 aliphatic carbocycles. The second-order valence-electron chi connectivity index (χ2n) is 6.15. The molecule has 1 aliphatic rings. The maximum atomic E-state index is 12.3. The minimum Gasteiger partial charge on any atom is -0.358 e. The average Bonchev–Trinajstić information content (AvgIpc) is 3.08. The molecule has 2 rings (SSSR count). The number of thiocarbonyl (C=S) groups is 1. The summed E-state index contributed by atoms with van der Waals surface area (Å²) in [7, 11) is 0. The first-order valence-electron chi connectivity index (χ1n) is 8.36. The van der Waals surface area contributed by atoms with Crippen LogP contribution < -0.4 is 5.32 Å². The number of thioether (sulfide) groups is 1. The zero-order valence-corrected chi connectivity index (χ0v) is 15.6. The molecule has 1 aliphatic heterocycles. The smallest absolute Gasteiger partial charge is 0.233 e. The predicted octanol–water partition coefficient (Wildman–Crippen LogP) is 3.63. The summed E-state index contributed by atoms with van der Waals surface area (Å²) in [5.74, 6) is 0.0807. The largest absolute Gasteiger partial charge is 0.358 e. The minimum absolute atomic E-state index is 0.0807. The van der Waals surface area contributed by atoms with Crippen molar-refractivity contribution >= 4 is 34.2 Å². The van der Waals surface area contributed by atoms with E-state index in [1.54, 1.807) is 0 Å². The van der Waals surface area contributed by atoms with Gasteiger partial charge in [-0.15, -0.1) is 0 Å². The van der Waals surface area contributed by atoms with Crippen LogP contribution in [0.15, 0.2) is 30.3 Å². The van der Waals surface area contributed by atoms with Crippen molar-refractivity contribution < 1.29 is 4.79 Å². The quantitative estimate of drug-likeness (QED) is 0.794. The molecular weight excluding hydrogens is 324 g/mol. The van der Waals surface area contributed by atoms with Gasteiger partial charge in [0.25, 0.3) is 0 Å². The zero-order chi connectivity index (χ0) is 16.7. The van der Waals surface area contributed by atoms with Crippen LogP contribution in [0.2, 0.25) is 0 Å². The Morgan fingerprint density at radius 3 is 2.57 bits per heavy atom. The van der Waals surface area contributed by atoms with Gasteiger partial charge in [0.05, 0.1) is 5.25 Å². The van der Waals surface area contributed by atoms with Gasteiger partial charge in [-0.1, -0.05) is 54.3 Å². The van der Waals surface area contributed by atoms with E-state index in [4.69, 9.17) is 12.2 Å². The van der Waals surface area contributed by atoms with Gasteiger partial charge in [-0.05, 0) is 45.1 Å². The lowest BCUT2D eigenvalue weighted by Crippen LogP contribution is -2.39. The number of amides is 1. The van der Waals surface area contributed by atoms with E-state index < -0.39 is 0 Å². The van der Waals surface area contributed by atoms with Gasteiger partial charge in [-0.25, -0.2) is 0 Å². The summed E-state index contributed by atoms with van der Waals surface area (Å²) in [5, 5.41) is 2.97. The normalized spacial score (nSPS) is 16.9. The molecule has 1 aromatic carbocycles. The molecule has 0 unspecified atom stereocenters. The first-order chi connectivity index (χ1) is 11.1. The Hall–Kier alpha value is -1.07. The summed E-state index contributed by atoms with van der Waals surface area (Å²) in [6.45, 7) is 6.07. The van der Waals surface area contributed by atoms with E-state index >= 15 is 0 Å². The van der Waals surface area contributed by atoms with Gasteiger partial charge in [-0.2, -0.15) is 0 Å². The topological polar surface area (TPSA) is 32.3 Å². The second kappa shape index (κ2) is 9.28. The summed E-state index contributed by atoms with van der Waals surface area (Å²) in [6.07, 6.45) is 4.34. The van der Waals surface area contributed by atoms with E-state index in [2.05, 4.69) is 41.4 Å². The number of carbonyl (C=O) groups excluding carboxylic acids is 1. The minimum atomic E-state index is -0.137. The van der Waals surface area contributed by atoms with Gasteiger partial charge >= 0.3 is 0 Å². The molecule has 0 radical (unpaired) electrons. The van der Waals surface area contributed by atoms with Crippen molar-refractivity contribution in [2.75, 3.05) is 13.1 Å². The summed E-state index contributed by atoms with van der Waals surface area (Å²) in [6, 6.07) is 10.6. The summed E-state index contributed by atoms with van der Waals surface area (Å²) >= 11 is 6.95. The van der Waals surface area contributed by atoms with E-state index in [1.807, 2.05) is 13.0 Å². The highest BCUT2D eigenvalue weighted by molar-refractivity contribution is 8.23. The molecule has 1 saturated heterocycles. The van der Waals surface area contributed by atoms with Crippen LogP contribution in [0.25, 0.3) is 0 Å². The average molecular weight is 351 g/mol. The number of carbonyl (C=O) groups is 1. The first kappa shape index (κ1) is 18.3. The molecule has 0 bridgehead atoms. The Bertz CT molecular complexity index is 515. The third-order valence-corrected chi connectivity index (χ3v) is 5.68. The van der Waals surface area contributed by atoms with Crippen molar-refractivity contribution in [1.82, 2.24) is 10.2 Å². The van der Waals surface area contributed by atoms with Gasteiger partial charge in [0.15, 0.2) is 0 Å². The number of aryl methyl sites for hydroxylation is 1. The van der Waals surface area contributed by atoms with Crippen molar-refractivity contribution in [3.05, 3.63) is 35.9 Å².